The van der Waals surface area contributed by atoms with Crippen LogP contribution in [0.1, 0.15) is 258 Å². The molecule has 0 N–H and O–H groups in total. The maximum Gasteiger partial charge on any atom is 0.306 e. The highest BCUT2D eigenvalue weighted by Gasteiger charge is 2.19. The average Bonchev–Trinajstić information content (AvgIpc) is 3.14. The lowest BCUT2D eigenvalue weighted by Gasteiger charge is -2.18. The first-order chi connectivity index (χ1) is 25.5. The molecule has 0 aliphatic carbocycles. The average molecular weight is 737 g/mol. The number of carbonyl (C=O) groups excluding carboxylic acids is 3. The summed E-state index contributed by atoms with van der Waals surface area (Å²) in [4.78, 5) is 37.4. The summed E-state index contributed by atoms with van der Waals surface area (Å²) < 4.78 is 16.6. The fraction of sp³-hybridized carbons (Fsp3) is 0.935. The zero-order valence-corrected chi connectivity index (χ0v) is 35.1. The smallest absolute Gasteiger partial charge is 0.306 e. The lowest BCUT2D eigenvalue weighted by molar-refractivity contribution is -0.167. The van der Waals surface area contributed by atoms with Crippen LogP contribution in [0, 0.1) is 0 Å². The number of ether oxygens (including phenoxy) is 3. The van der Waals surface area contributed by atoms with Gasteiger partial charge in [0.25, 0.3) is 0 Å². The van der Waals surface area contributed by atoms with Crippen LogP contribution in [0.2, 0.25) is 0 Å². The zero-order chi connectivity index (χ0) is 38.0. The van der Waals surface area contributed by atoms with Crippen molar-refractivity contribution in [1.29, 1.82) is 0 Å². The van der Waals surface area contributed by atoms with Crippen LogP contribution in [0.5, 0.6) is 0 Å². The van der Waals surface area contributed by atoms with E-state index in [1.807, 2.05) is 0 Å². The number of hydrogen-bond acceptors (Lipinski definition) is 6. The maximum atomic E-state index is 12.6. The maximum absolute atomic E-state index is 12.6. The van der Waals surface area contributed by atoms with E-state index in [-0.39, 0.29) is 31.1 Å². The number of esters is 3. The van der Waals surface area contributed by atoms with E-state index in [1.165, 1.54) is 154 Å². The Morgan fingerprint density at radius 2 is 0.519 bits per heavy atom. The van der Waals surface area contributed by atoms with Crippen LogP contribution < -0.4 is 0 Å². The fourth-order valence-corrected chi connectivity index (χ4v) is 6.85. The van der Waals surface area contributed by atoms with Crippen LogP contribution in [0.25, 0.3) is 0 Å². The highest BCUT2D eigenvalue weighted by Crippen LogP contribution is 2.16. The molecule has 0 aliphatic heterocycles. The van der Waals surface area contributed by atoms with Crippen molar-refractivity contribution in [2.45, 2.75) is 264 Å². The molecule has 0 saturated carbocycles. The summed E-state index contributed by atoms with van der Waals surface area (Å²) >= 11 is 0. The molecule has 6 heteroatoms. The van der Waals surface area contributed by atoms with E-state index in [0.717, 1.165) is 64.2 Å². The van der Waals surface area contributed by atoms with Gasteiger partial charge in [-0.15, -0.1) is 0 Å². The number of hydrogen-bond donors (Lipinski definition) is 0. The van der Waals surface area contributed by atoms with Gasteiger partial charge in [-0.05, 0) is 19.3 Å². The summed E-state index contributed by atoms with van der Waals surface area (Å²) in [7, 11) is 0. The molecule has 0 aliphatic rings. The Bertz CT molecular complexity index is 768. The van der Waals surface area contributed by atoms with Crippen LogP contribution >= 0.6 is 0 Å². The highest BCUT2D eigenvalue weighted by molar-refractivity contribution is 5.71. The number of rotatable bonds is 42. The molecule has 0 aromatic heterocycles. The van der Waals surface area contributed by atoms with Crippen molar-refractivity contribution in [2.75, 3.05) is 13.2 Å². The van der Waals surface area contributed by atoms with Gasteiger partial charge in [0.15, 0.2) is 6.10 Å². The summed E-state index contributed by atoms with van der Waals surface area (Å²) in [5, 5.41) is 0. The molecule has 0 unspecified atom stereocenters. The van der Waals surface area contributed by atoms with Gasteiger partial charge < -0.3 is 14.2 Å². The van der Waals surface area contributed by atoms with Crippen LogP contribution in [-0.4, -0.2) is 37.2 Å². The SMILES string of the molecule is CCCCCCCCCCCCCCCCCCCC(=O)OC[C@@H](COC(=O)CCCCCCC)OC(=O)CCCCCCCCCCCCCC. The minimum absolute atomic E-state index is 0.0637. The van der Waals surface area contributed by atoms with Crippen LogP contribution in [0.15, 0.2) is 0 Å². The highest BCUT2D eigenvalue weighted by atomic mass is 16.6. The number of unbranched alkanes of at least 4 members (excludes halogenated alkanes) is 31. The molecule has 0 aromatic carbocycles. The molecule has 0 rings (SSSR count). The molecule has 0 aromatic rings. The van der Waals surface area contributed by atoms with Crippen LogP contribution in [0.3, 0.4) is 0 Å². The van der Waals surface area contributed by atoms with Gasteiger partial charge in [0, 0.05) is 19.3 Å². The molecule has 52 heavy (non-hydrogen) atoms. The third-order valence-corrected chi connectivity index (χ3v) is 10.4. The summed E-state index contributed by atoms with van der Waals surface area (Å²) in [6, 6.07) is 0. The predicted octanol–water partition coefficient (Wildman–Crippen LogP) is 14.5. The van der Waals surface area contributed by atoms with Gasteiger partial charge in [-0.1, -0.05) is 220 Å². The molecule has 0 fully saturated rings. The van der Waals surface area contributed by atoms with Gasteiger partial charge in [-0.25, -0.2) is 0 Å². The van der Waals surface area contributed by atoms with Gasteiger partial charge in [-0.3, -0.25) is 14.4 Å². The lowest BCUT2D eigenvalue weighted by Crippen LogP contribution is -2.30. The molecule has 0 bridgehead atoms. The molecule has 0 saturated heterocycles. The minimum Gasteiger partial charge on any atom is -0.462 e. The molecular formula is C46H88O6. The molecule has 0 radical (unpaired) electrons. The van der Waals surface area contributed by atoms with Crippen molar-refractivity contribution >= 4 is 17.9 Å². The second kappa shape index (κ2) is 42.2. The van der Waals surface area contributed by atoms with E-state index < -0.39 is 6.10 Å². The van der Waals surface area contributed by atoms with E-state index in [4.69, 9.17) is 14.2 Å². The van der Waals surface area contributed by atoms with Crippen LogP contribution in [0.4, 0.5) is 0 Å². The number of carbonyl (C=O) groups is 3. The van der Waals surface area contributed by atoms with E-state index in [2.05, 4.69) is 20.8 Å². The van der Waals surface area contributed by atoms with Gasteiger partial charge in [-0.2, -0.15) is 0 Å². The Kier molecular flexibility index (Phi) is 40.9. The normalized spacial score (nSPS) is 11.8. The summed E-state index contributed by atoms with van der Waals surface area (Å²) in [6.07, 6.45) is 42.6. The van der Waals surface area contributed by atoms with Gasteiger partial charge in [0.1, 0.15) is 13.2 Å². The van der Waals surface area contributed by atoms with Gasteiger partial charge >= 0.3 is 17.9 Å². The molecule has 0 spiro atoms. The first kappa shape index (κ1) is 50.4. The monoisotopic (exact) mass is 737 g/mol. The van der Waals surface area contributed by atoms with Gasteiger partial charge in [0.05, 0.1) is 0 Å². The largest absolute Gasteiger partial charge is 0.462 e. The first-order valence-electron chi connectivity index (χ1n) is 23.0. The Balaban J connectivity index is 4.14. The zero-order valence-electron chi connectivity index (χ0n) is 35.1. The summed E-state index contributed by atoms with van der Waals surface area (Å²) in [5.74, 6) is -0.865. The topological polar surface area (TPSA) is 78.9 Å². The Labute approximate surface area is 323 Å². The standard InChI is InChI=1S/C46H88O6/c1-4-7-10-13-15-17-19-21-22-23-24-25-27-28-30-33-36-39-45(48)51-42-43(41-50-44(47)38-35-32-12-9-6-3)52-46(49)40-37-34-31-29-26-20-18-16-14-11-8-5-2/h43H,4-42H2,1-3H3/t43-/m1/s1. The van der Waals surface area contributed by atoms with Crippen molar-refractivity contribution in [2.24, 2.45) is 0 Å². The third-order valence-electron chi connectivity index (χ3n) is 10.4. The Hall–Kier alpha value is -1.59. The second-order valence-electron chi connectivity index (χ2n) is 15.7. The lowest BCUT2D eigenvalue weighted by atomic mass is 10.0. The minimum atomic E-state index is -0.756. The van der Waals surface area contributed by atoms with Crippen molar-refractivity contribution < 1.29 is 28.6 Å². The molecule has 0 heterocycles. The summed E-state index contributed by atoms with van der Waals surface area (Å²) in [5.41, 5.74) is 0. The molecule has 308 valence electrons. The summed E-state index contributed by atoms with van der Waals surface area (Å²) in [6.45, 7) is 6.57. The Morgan fingerprint density at radius 3 is 0.769 bits per heavy atom. The van der Waals surface area contributed by atoms with Crippen molar-refractivity contribution in [1.82, 2.24) is 0 Å². The fourth-order valence-electron chi connectivity index (χ4n) is 6.85. The van der Waals surface area contributed by atoms with Crippen LogP contribution in [-0.2, 0) is 28.6 Å². The van der Waals surface area contributed by atoms with Crippen molar-refractivity contribution in [3.63, 3.8) is 0 Å². The third kappa shape index (κ3) is 39.6. The molecule has 1 atom stereocenters. The molecular weight excluding hydrogens is 648 g/mol. The van der Waals surface area contributed by atoms with Gasteiger partial charge in [0.2, 0.25) is 0 Å². The van der Waals surface area contributed by atoms with E-state index in [0.29, 0.717) is 19.3 Å². The van der Waals surface area contributed by atoms with Crippen molar-refractivity contribution in [3.05, 3.63) is 0 Å². The Morgan fingerprint density at radius 1 is 0.308 bits per heavy atom. The van der Waals surface area contributed by atoms with E-state index in [1.54, 1.807) is 0 Å². The molecule has 6 nitrogen and oxygen atoms in total. The second-order valence-corrected chi connectivity index (χ2v) is 15.7. The quantitative estimate of drug-likeness (QED) is 0.0353. The first-order valence-corrected chi connectivity index (χ1v) is 23.0. The van der Waals surface area contributed by atoms with Crippen molar-refractivity contribution in [3.8, 4) is 0 Å². The van der Waals surface area contributed by atoms with E-state index >= 15 is 0 Å². The predicted molar refractivity (Wildman–Crippen MR) is 220 cm³/mol. The molecule has 0 amide bonds. The van der Waals surface area contributed by atoms with E-state index in [9.17, 15) is 14.4 Å².